The molecule has 0 aromatic heterocycles. The fourth-order valence-electron chi connectivity index (χ4n) is 1.17. The van der Waals surface area contributed by atoms with Crippen LogP contribution < -0.4 is 0 Å². The maximum Gasteiger partial charge on any atom is 0.335 e. The van der Waals surface area contributed by atoms with Crippen molar-refractivity contribution >= 4 is 23.3 Å². The molecule has 0 bridgehead atoms. The second-order valence-corrected chi connectivity index (χ2v) is 2.87. The molecular formula is C10H9NO2S. The van der Waals surface area contributed by atoms with E-state index in [1.54, 1.807) is 18.2 Å². The van der Waals surface area contributed by atoms with E-state index in [0.29, 0.717) is 18.5 Å². The minimum atomic E-state index is -0.910. The molecule has 1 N–H and O–H groups in total. The number of isothiocyanates is 1. The molecule has 0 aliphatic carbocycles. The molecule has 0 heterocycles. The highest BCUT2D eigenvalue weighted by Crippen LogP contribution is 2.09. The summed E-state index contributed by atoms with van der Waals surface area (Å²) in [5.41, 5.74) is 1.10. The largest absolute Gasteiger partial charge is 0.478 e. The maximum atomic E-state index is 10.8. The lowest BCUT2D eigenvalue weighted by Gasteiger charge is -2.02. The lowest BCUT2D eigenvalue weighted by atomic mass is 10.1. The molecule has 4 heteroatoms. The normalized spacial score (nSPS) is 9.14. The van der Waals surface area contributed by atoms with E-state index in [2.05, 4.69) is 22.4 Å². The summed E-state index contributed by atoms with van der Waals surface area (Å²) >= 11 is 4.42. The minimum absolute atomic E-state index is 0.326. The molecular weight excluding hydrogens is 198 g/mol. The highest BCUT2D eigenvalue weighted by Gasteiger charge is 2.07. The zero-order chi connectivity index (χ0) is 10.4. The first kappa shape index (κ1) is 10.6. The molecule has 0 amide bonds. The van der Waals surface area contributed by atoms with Crippen molar-refractivity contribution < 1.29 is 9.90 Å². The first-order chi connectivity index (χ1) is 6.75. The molecule has 72 valence electrons. The van der Waals surface area contributed by atoms with Crippen molar-refractivity contribution in [2.75, 3.05) is 6.54 Å². The van der Waals surface area contributed by atoms with Gasteiger partial charge in [0.1, 0.15) is 0 Å². The molecule has 0 unspecified atom stereocenters. The lowest BCUT2D eigenvalue weighted by Crippen LogP contribution is -2.03. The Kier molecular flexibility index (Phi) is 3.98. The van der Waals surface area contributed by atoms with Crippen molar-refractivity contribution in [2.45, 2.75) is 6.42 Å². The number of carboxylic acids is 1. The standard InChI is InChI=1S/C10H9NO2S/c12-10(13)9-4-2-1-3-8(9)5-6-11-7-14/h1-4H,5-6H2,(H,12,13). The van der Waals surface area contributed by atoms with Gasteiger partial charge in [-0.05, 0) is 30.3 Å². The SMILES string of the molecule is O=C(O)c1ccccc1CCN=C=S. The fourth-order valence-corrected chi connectivity index (χ4v) is 1.26. The summed E-state index contributed by atoms with van der Waals surface area (Å²) in [5.74, 6) is -0.910. The Bertz CT molecular complexity index is 383. The quantitative estimate of drug-likeness (QED) is 0.607. The molecule has 0 radical (unpaired) electrons. The zero-order valence-electron chi connectivity index (χ0n) is 7.43. The number of nitrogens with zero attached hydrogens (tertiary/aromatic N) is 1. The van der Waals surface area contributed by atoms with Crippen LogP contribution in [0.5, 0.6) is 0 Å². The third-order valence-corrected chi connectivity index (χ3v) is 1.93. The van der Waals surface area contributed by atoms with Crippen molar-refractivity contribution in [3.63, 3.8) is 0 Å². The molecule has 0 saturated heterocycles. The number of carboxylic acid groups (broad SMARTS) is 1. The van der Waals surface area contributed by atoms with E-state index >= 15 is 0 Å². The first-order valence-corrected chi connectivity index (χ1v) is 4.51. The van der Waals surface area contributed by atoms with Gasteiger partial charge in [-0.3, -0.25) is 0 Å². The third kappa shape index (κ3) is 2.76. The van der Waals surface area contributed by atoms with Crippen LogP contribution in [-0.4, -0.2) is 22.8 Å². The summed E-state index contributed by atoms with van der Waals surface area (Å²) in [4.78, 5) is 14.5. The molecule has 0 aliphatic heterocycles. The van der Waals surface area contributed by atoms with E-state index in [9.17, 15) is 4.79 Å². The number of rotatable bonds is 4. The molecule has 3 nitrogen and oxygen atoms in total. The number of aromatic carboxylic acids is 1. The Morgan fingerprint density at radius 2 is 2.21 bits per heavy atom. The maximum absolute atomic E-state index is 10.8. The monoisotopic (exact) mass is 207 g/mol. The van der Waals surface area contributed by atoms with Crippen LogP contribution in [0.1, 0.15) is 15.9 Å². The van der Waals surface area contributed by atoms with Gasteiger partial charge in [0.25, 0.3) is 0 Å². The average molecular weight is 207 g/mol. The number of thiocarbonyl (C=S) groups is 1. The van der Waals surface area contributed by atoms with E-state index < -0.39 is 5.97 Å². The third-order valence-electron chi connectivity index (χ3n) is 1.81. The van der Waals surface area contributed by atoms with Gasteiger partial charge in [0, 0.05) is 0 Å². The van der Waals surface area contributed by atoms with Gasteiger partial charge in [0.15, 0.2) is 0 Å². The second kappa shape index (κ2) is 5.27. The predicted octanol–water partition coefficient (Wildman–Crippen LogP) is 2.03. The Morgan fingerprint density at radius 3 is 2.86 bits per heavy atom. The summed E-state index contributed by atoms with van der Waals surface area (Å²) in [6.45, 7) is 0.480. The molecule has 0 aliphatic rings. The van der Waals surface area contributed by atoms with Crippen molar-refractivity contribution in [3.05, 3.63) is 35.4 Å². The van der Waals surface area contributed by atoms with E-state index in [-0.39, 0.29) is 0 Å². The van der Waals surface area contributed by atoms with Crippen LogP contribution in [0.4, 0.5) is 0 Å². The van der Waals surface area contributed by atoms with Gasteiger partial charge in [-0.15, -0.1) is 0 Å². The fraction of sp³-hybridized carbons (Fsp3) is 0.200. The molecule has 1 aromatic rings. The van der Waals surface area contributed by atoms with Crippen LogP contribution in [-0.2, 0) is 6.42 Å². The highest BCUT2D eigenvalue weighted by atomic mass is 32.1. The molecule has 0 fully saturated rings. The van der Waals surface area contributed by atoms with E-state index in [1.165, 1.54) is 0 Å². The van der Waals surface area contributed by atoms with Crippen LogP contribution in [0.3, 0.4) is 0 Å². The van der Waals surface area contributed by atoms with Gasteiger partial charge >= 0.3 is 5.97 Å². The summed E-state index contributed by atoms with van der Waals surface area (Å²) < 4.78 is 0. The number of hydrogen-bond donors (Lipinski definition) is 1. The second-order valence-electron chi connectivity index (χ2n) is 2.69. The van der Waals surface area contributed by atoms with Gasteiger partial charge in [0.2, 0.25) is 0 Å². The number of benzene rings is 1. The smallest absolute Gasteiger partial charge is 0.335 e. The first-order valence-electron chi connectivity index (χ1n) is 4.10. The van der Waals surface area contributed by atoms with Gasteiger partial charge in [-0.2, -0.15) is 0 Å². The zero-order valence-corrected chi connectivity index (χ0v) is 8.25. The van der Waals surface area contributed by atoms with Gasteiger partial charge in [0.05, 0.1) is 17.3 Å². The van der Waals surface area contributed by atoms with E-state index in [1.807, 2.05) is 6.07 Å². The van der Waals surface area contributed by atoms with Crippen molar-refractivity contribution in [3.8, 4) is 0 Å². The molecule has 14 heavy (non-hydrogen) atoms. The molecule has 0 saturated carbocycles. The summed E-state index contributed by atoms with van der Waals surface area (Å²) in [7, 11) is 0. The van der Waals surface area contributed by atoms with Crippen molar-refractivity contribution in [1.82, 2.24) is 0 Å². The van der Waals surface area contributed by atoms with Crippen LogP contribution in [0.15, 0.2) is 29.3 Å². The van der Waals surface area contributed by atoms with Crippen LogP contribution in [0, 0.1) is 0 Å². The van der Waals surface area contributed by atoms with E-state index in [0.717, 1.165) is 5.56 Å². The van der Waals surface area contributed by atoms with E-state index in [4.69, 9.17) is 5.11 Å². The molecule has 0 atom stereocenters. The topological polar surface area (TPSA) is 49.7 Å². The van der Waals surface area contributed by atoms with Gasteiger partial charge < -0.3 is 5.11 Å². The van der Waals surface area contributed by atoms with Crippen molar-refractivity contribution in [2.24, 2.45) is 4.99 Å². The average Bonchev–Trinajstić information content (AvgIpc) is 2.19. The van der Waals surface area contributed by atoms with Gasteiger partial charge in [-0.25, -0.2) is 9.79 Å². The summed E-state index contributed by atoms with van der Waals surface area (Å²) in [5, 5.41) is 11.1. The lowest BCUT2D eigenvalue weighted by molar-refractivity contribution is 0.0696. The Labute approximate surface area is 87.1 Å². The highest BCUT2D eigenvalue weighted by molar-refractivity contribution is 7.78. The number of carbonyl (C=O) groups is 1. The van der Waals surface area contributed by atoms with Crippen LogP contribution in [0.2, 0.25) is 0 Å². The Hall–Kier alpha value is -1.51. The number of hydrogen-bond acceptors (Lipinski definition) is 3. The van der Waals surface area contributed by atoms with Crippen molar-refractivity contribution in [1.29, 1.82) is 0 Å². The number of aliphatic imine (C=N–C) groups is 1. The predicted molar refractivity (Wildman–Crippen MR) is 57.0 cm³/mol. The van der Waals surface area contributed by atoms with Crippen LogP contribution >= 0.6 is 12.2 Å². The Morgan fingerprint density at radius 1 is 1.50 bits per heavy atom. The molecule has 1 aromatic carbocycles. The Balaban J connectivity index is 2.84. The summed E-state index contributed by atoms with van der Waals surface area (Å²) in [6.07, 6.45) is 0.576. The summed E-state index contributed by atoms with van der Waals surface area (Å²) in [6, 6.07) is 6.87. The van der Waals surface area contributed by atoms with Gasteiger partial charge in [-0.1, -0.05) is 18.2 Å². The minimum Gasteiger partial charge on any atom is -0.478 e. The molecule has 1 rings (SSSR count). The molecule has 0 spiro atoms. The van der Waals surface area contributed by atoms with Crippen LogP contribution in [0.25, 0.3) is 0 Å².